The number of alkyl halides is 1. The molecule has 0 bridgehead atoms. The third kappa shape index (κ3) is 2.56. The van der Waals surface area contributed by atoms with Gasteiger partial charge in [0.2, 0.25) is 0 Å². The van der Waals surface area contributed by atoms with E-state index in [0.717, 1.165) is 0 Å². The van der Waals surface area contributed by atoms with Crippen LogP contribution in [0.25, 0.3) is 5.65 Å². The van der Waals surface area contributed by atoms with Gasteiger partial charge < -0.3 is 10.1 Å². The number of anilines is 1. The Morgan fingerprint density at radius 3 is 3.24 bits per heavy atom. The zero-order valence-electron chi connectivity index (χ0n) is 9.18. The van der Waals surface area contributed by atoms with Crippen LogP contribution in [-0.2, 0) is 4.74 Å². The molecule has 0 aromatic carbocycles. The second-order valence-corrected chi connectivity index (χ2v) is 3.79. The summed E-state index contributed by atoms with van der Waals surface area (Å²) in [7, 11) is 1.60. The standard InChI is InChI=1S/C9H12ClN5O2/c1-17-4-6(3-10)12-7-2-8-13-14-9(16)15(8)5-11-7/h2,5-6,12H,3-4H2,1H3,(H,14,16). The predicted molar refractivity (Wildman–Crippen MR) is 63.6 cm³/mol. The molecule has 2 heterocycles. The molecule has 0 spiro atoms. The highest BCUT2D eigenvalue weighted by atomic mass is 35.5. The lowest BCUT2D eigenvalue weighted by atomic mass is 10.3. The van der Waals surface area contributed by atoms with Gasteiger partial charge in [-0.1, -0.05) is 0 Å². The number of methoxy groups -OCH3 is 1. The molecule has 2 N–H and O–H groups in total. The van der Waals surface area contributed by atoms with Gasteiger partial charge in [0.15, 0.2) is 5.65 Å². The van der Waals surface area contributed by atoms with Gasteiger partial charge in [-0.15, -0.1) is 11.6 Å². The van der Waals surface area contributed by atoms with Gasteiger partial charge in [0, 0.05) is 19.1 Å². The van der Waals surface area contributed by atoms with Crippen molar-refractivity contribution in [3.8, 4) is 0 Å². The Bertz CT molecular complexity index is 552. The smallest absolute Gasteiger partial charge is 0.348 e. The molecule has 8 heteroatoms. The van der Waals surface area contributed by atoms with Gasteiger partial charge in [0.05, 0.1) is 12.6 Å². The van der Waals surface area contributed by atoms with E-state index in [-0.39, 0.29) is 11.7 Å². The van der Waals surface area contributed by atoms with E-state index >= 15 is 0 Å². The molecule has 0 amide bonds. The summed E-state index contributed by atoms with van der Waals surface area (Å²) in [5, 5.41) is 9.27. The van der Waals surface area contributed by atoms with E-state index in [2.05, 4.69) is 20.5 Å². The Kier molecular flexibility index (Phi) is 3.60. The predicted octanol–water partition coefficient (Wildman–Crippen LogP) is 0.0833. The molecule has 0 radical (unpaired) electrons. The number of hydrogen-bond acceptors (Lipinski definition) is 5. The average molecular weight is 258 g/mol. The summed E-state index contributed by atoms with van der Waals surface area (Å²) in [6.07, 6.45) is 1.40. The number of nitrogens with zero attached hydrogens (tertiary/aromatic N) is 3. The van der Waals surface area contributed by atoms with E-state index in [1.807, 2.05) is 0 Å². The zero-order valence-corrected chi connectivity index (χ0v) is 9.94. The van der Waals surface area contributed by atoms with Crippen molar-refractivity contribution in [2.45, 2.75) is 6.04 Å². The largest absolute Gasteiger partial charge is 0.383 e. The molecule has 17 heavy (non-hydrogen) atoms. The highest BCUT2D eigenvalue weighted by Gasteiger charge is 2.08. The van der Waals surface area contributed by atoms with Crippen molar-refractivity contribution in [2.75, 3.05) is 24.9 Å². The topological polar surface area (TPSA) is 84.3 Å². The molecular formula is C9H12ClN5O2. The third-order valence-corrected chi connectivity index (χ3v) is 2.59. The van der Waals surface area contributed by atoms with E-state index in [1.54, 1.807) is 13.2 Å². The number of aromatic amines is 1. The van der Waals surface area contributed by atoms with Crippen molar-refractivity contribution in [3.05, 3.63) is 22.9 Å². The molecule has 7 nitrogen and oxygen atoms in total. The van der Waals surface area contributed by atoms with Crippen LogP contribution in [0.15, 0.2) is 17.2 Å². The molecule has 0 aliphatic rings. The summed E-state index contributed by atoms with van der Waals surface area (Å²) < 4.78 is 6.32. The van der Waals surface area contributed by atoms with Crippen LogP contribution in [0, 0.1) is 0 Å². The lowest BCUT2D eigenvalue weighted by Gasteiger charge is -2.15. The van der Waals surface area contributed by atoms with Crippen molar-refractivity contribution in [3.63, 3.8) is 0 Å². The van der Waals surface area contributed by atoms with E-state index in [9.17, 15) is 4.79 Å². The molecular weight excluding hydrogens is 246 g/mol. The summed E-state index contributed by atoms with van der Waals surface area (Å²) in [6, 6.07) is 1.62. The lowest BCUT2D eigenvalue weighted by molar-refractivity contribution is 0.191. The van der Waals surface area contributed by atoms with Gasteiger partial charge in [-0.3, -0.25) is 0 Å². The molecule has 2 aromatic heterocycles. The second-order valence-electron chi connectivity index (χ2n) is 3.48. The maximum Gasteiger partial charge on any atom is 0.348 e. The first-order valence-electron chi connectivity index (χ1n) is 4.99. The molecule has 0 aliphatic carbocycles. The Balaban J connectivity index is 2.21. The fourth-order valence-corrected chi connectivity index (χ4v) is 1.59. The highest BCUT2D eigenvalue weighted by Crippen LogP contribution is 2.07. The van der Waals surface area contributed by atoms with Crippen molar-refractivity contribution in [2.24, 2.45) is 0 Å². The molecule has 92 valence electrons. The van der Waals surface area contributed by atoms with E-state index in [1.165, 1.54) is 10.7 Å². The first-order chi connectivity index (χ1) is 8.24. The summed E-state index contributed by atoms with van der Waals surface area (Å²) >= 11 is 5.77. The van der Waals surface area contributed by atoms with Crippen LogP contribution in [-0.4, -0.2) is 45.2 Å². The number of H-pyrrole nitrogens is 1. The van der Waals surface area contributed by atoms with Crippen molar-refractivity contribution >= 4 is 23.1 Å². The molecule has 2 aromatic rings. The number of nitrogens with one attached hydrogen (secondary N) is 2. The number of ether oxygens (including phenoxy) is 1. The minimum atomic E-state index is -0.315. The van der Waals surface area contributed by atoms with E-state index in [0.29, 0.717) is 24.0 Å². The molecule has 0 fully saturated rings. The van der Waals surface area contributed by atoms with E-state index < -0.39 is 0 Å². The summed E-state index contributed by atoms with van der Waals surface area (Å²) in [5.74, 6) is 0.993. The maximum atomic E-state index is 11.2. The average Bonchev–Trinajstić information content (AvgIpc) is 2.70. The van der Waals surface area contributed by atoms with Crippen LogP contribution >= 0.6 is 11.6 Å². The molecule has 0 saturated heterocycles. The quantitative estimate of drug-likeness (QED) is 0.742. The maximum absolute atomic E-state index is 11.2. The highest BCUT2D eigenvalue weighted by molar-refractivity contribution is 6.18. The molecule has 2 rings (SSSR count). The van der Waals surface area contributed by atoms with Crippen LogP contribution in [0.4, 0.5) is 5.82 Å². The van der Waals surface area contributed by atoms with Crippen molar-refractivity contribution in [1.29, 1.82) is 0 Å². The van der Waals surface area contributed by atoms with Crippen LogP contribution < -0.4 is 11.0 Å². The number of aromatic nitrogens is 4. The summed E-state index contributed by atoms with van der Waals surface area (Å²) in [4.78, 5) is 15.3. The van der Waals surface area contributed by atoms with Crippen LogP contribution in [0.1, 0.15) is 0 Å². The van der Waals surface area contributed by atoms with Gasteiger partial charge in [-0.05, 0) is 0 Å². The van der Waals surface area contributed by atoms with Gasteiger partial charge in [-0.2, -0.15) is 5.10 Å². The minimum absolute atomic E-state index is 0.0396. The van der Waals surface area contributed by atoms with Crippen LogP contribution in [0.2, 0.25) is 0 Å². The number of hydrogen-bond donors (Lipinski definition) is 2. The zero-order chi connectivity index (χ0) is 12.3. The Morgan fingerprint density at radius 2 is 2.53 bits per heavy atom. The van der Waals surface area contributed by atoms with Gasteiger partial charge in [0.1, 0.15) is 12.1 Å². The number of fused-ring (bicyclic) bond motifs is 1. The first-order valence-corrected chi connectivity index (χ1v) is 5.52. The fraction of sp³-hybridized carbons (Fsp3) is 0.444. The Hall–Kier alpha value is -1.60. The van der Waals surface area contributed by atoms with Gasteiger partial charge in [-0.25, -0.2) is 19.3 Å². The first kappa shape index (κ1) is 11.9. The molecule has 1 atom stereocenters. The van der Waals surface area contributed by atoms with Gasteiger partial charge in [0.25, 0.3) is 0 Å². The second kappa shape index (κ2) is 5.15. The van der Waals surface area contributed by atoms with Crippen LogP contribution in [0.5, 0.6) is 0 Å². The lowest BCUT2D eigenvalue weighted by Crippen LogP contribution is -2.27. The van der Waals surface area contributed by atoms with Crippen molar-refractivity contribution < 1.29 is 4.74 Å². The fourth-order valence-electron chi connectivity index (χ4n) is 1.42. The van der Waals surface area contributed by atoms with Crippen LogP contribution in [0.3, 0.4) is 0 Å². The third-order valence-electron chi connectivity index (χ3n) is 2.22. The minimum Gasteiger partial charge on any atom is -0.383 e. The van der Waals surface area contributed by atoms with E-state index in [4.69, 9.17) is 16.3 Å². The molecule has 0 saturated carbocycles. The number of halogens is 1. The molecule has 0 aliphatic heterocycles. The summed E-state index contributed by atoms with van der Waals surface area (Å²) in [6.45, 7) is 0.476. The Labute approximate surface area is 102 Å². The Morgan fingerprint density at radius 1 is 1.71 bits per heavy atom. The molecule has 1 unspecified atom stereocenters. The normalized spacial score (nSPS) is 12.8. The number of rotatable bonds is 5. The van der Waals surface area contributed by atoms with Crippen molar-refractivity contribution in [1.82, 2.24) is 19.6 Å². The monoisotopic (exact) mass is 257 g/mol. The van der Waals surface area contributed by atoms with Gasteiger partial charge >= 0.3 is 5.69 Å². The summed E-state index contributed by atoms with van der Waals surface area (Å²) in [5.41, 5.74) is 0.183. The SMILES string of the molecule is COCC(CCl)Nc1cc2n[nH]c(=O)n2cn1.